The van der Waals surface area contributed by atoms with E-state index in [2.05, 4.69) is 42.2 Å². The smallest absolute Gasteiger partial charge is 0.252 e. The van der Waals surface area contributed by atoms with E-state index >= 15 is 0 Å². The molecule has 19 heavy (non-hydrogen) atoms. The predicted molar refractivity (Wildman–Crippen MR) is 82.0 cm³/mol. The summed E-state index contributed by atoms with van der Waals surface area (Å²) in [5.41, 5.74) is 2.40. The number of rotatable bonds is 3. The highest BCUT2D eigenvalue weighted by molar-refractivity contribution is 9.11. The fraction of sp³-hybridized carbons (Fsp3) is 0.143. The topological polar surface area (TPSA) is 42.0 Å². The molecule has 1 aromatic heterocycles. The minimum absolute atomic E-state index is 0.123. The quantitative estimate of drug-likeness (QED) is 0.874. The van der Waals surface area contributed by atoms with Gasteiger partial charge in [0.15, 0.2) is 0 Å². The number of halogens is 2. The number of amides is 1. The Labute approximate surface area is 128 Å². The highest BCUT2D eigenvalue weighted by Crippen LogP contribution is 2.21. The molecule has 2 rings (SSSR count). The van der Waals surface area contributed by atoms with Gasteiger partial charge in [0.25, 0.3) is 5.91 Å². The number of hydrogen-bond donors (Lipinski definition) is 1. The summed E-state index contributed by atoms with van der Waals surface area (Å²) in [7, 11) is 0. The molecule has 98 valence electrons. The highest BCUT2D eigenvalue weighted by Gasteiger charge is 2.10. The number of carbonyl (C=O) groups is 1. The molecule has 0 atom stereocenters. The number of aryl methyl sites for hydroxylation is 1. The van der Waals surface area contributed by atoms with E-state index in [4.69, 9.17) is 0 Å². The molecular formula is C14H12Br2N2O. The predicted octanol–water partition coefficient (Wildman–Crippen LogP) is 3.85. The lowest BCUT2D eigenvalue weighted by Gasteiger charge is -2.07. The lowest BCUT2D eigenvalue weighted by atomic mass is 10.2. The largest absolute Gasteiger partial charge is 0.346 e. The van der Waals surface area contributed by atoms with Gasteiger partial charge >= 0.3 is 0 Å². The molecule has 5 heteroatoms. The monoisotopic (exact) mass is 382 g/mol. The van der Waals surface area contributed by atoms with Crippen LogP contribution in [0.1, 0.15) is 21.7 Å². The van der Waals surface area contributed by atoms with Crippen LogP contribution in [0.3, 0.4) is 0 Å². The van der Waals surface area contributed by atoms with Crippen molar-refractivity contribution in [1.82, 2.24) is 10.3 Å². The molecular weight excluding hydrogens is 372 g/mol. The van der Waals surface area contributed by atoms with Gasteiger partial charge in [-0.25, -0.2) is 0 Å². The van der Waals surface area contributed by atoms with Crippen molar-refractivity contribution in [2.75, 3.05) is 0 Å². The molecule has 0 spiro atoms. The first-order chi connectivity index (χ1) is 9.06. The van der Waals surface area contributed by atoms with Crippen molar-refractivity contribution in [1.29, 1.82) is 0 Å². The second-order valence-corrected chi connectivity index (χ2v) is 5.85. The molecule has 0 aliphatic rings. The van der Waals surface area contributed by atoms with E-state index < -0.39 is 0 Å². The Bertz CT molecular complexity index is 614. The van der Waals surface area contributed by atoms with Crippen LogP contribution in [0.25, 0.3) is 0 Å². The van der Waals surface area contributed by atoms with E-state index in [-0.39, 0.29) is 5.91 Å². The average Bonchev–Trinajstić information content (AvgIpc) is 2.36. The van der Waals surface area contributed by atoms with Gasteiger partial charge in [-0.2, -0.15) is 0 Å². The van der Waals surface area contributed by atoms with Crippen LogP contribution in [-0.4, -0.2) is 10.9 Å². The van der Waals surface area contributed by atoms with Crippen LogP contribution < -0.4 is 5.32 Å². The van der Waals surface area contributed by atoms with Gasteiger partial charge in [0.1, 0.15) is 0 Å². The third-order valence-corrected chi connectivity index (χ3v) is 3.70. The van der Waals surface area contributed by atoms with Gasteiger partial charge < -0.3 is 5.32 Å². The highest BCUT2D eigenvalue weighted by atomic mass is 79.9. The standard InChI is InChI=1S/C14H12Br2N2O/c1-9-3-2-4-11(18-9)8-17-14(19)12-6-5-10(15)7-13(12)16/h2-7H,8H2,1H3,(H,17,19). The summed E-state index contributed by atoms with van der Waals surface area (Å²) in [6, 6.07) is 11.2. The summed E-state index contributed by atoms with van der Waals surface area (Å²) < 4.78 is 1.69. The maximum Gasteiger partial charge on any atom is 0.252 e. The molecule has 1 heterocycles. The molecule has 0 radical (unpaired) electrons. The third-order valence-electron chi connectivity index (χ3n) is 2.55. The minimum atomic E-state index is -0.123. The number of hydrogen-bond acceptors (Lipinski definition) is 2. The maximum absolute atomic E-state index is 12.1. The van der Waals surface area contributed by atoms with Gasteiger partial charge in [-0.05, 0) is 53.2 Å². The first kappa shape index (κ1) is 14.2. The van der Waals surface area contributed by atoms with Crippen molar-refractivity contribution in [2.45, 2.75) is 13.5 Å². The molecule has 1 N–H and O–H groups in total. The first-order valence-corrected chi connectivity index (χ1v) is 7.30. The molecule has 1 aromatic carbocycles. The van der Waals surface area contributed by atoms with E-state index in [1.165, 1.54) is 0 Å². The first-order valence-electron chi connectivity index (χ1n) is 5.72. The number of aromatic nitrogens is 1. The Morgan fingerprint density at radius 3 is 2.74 bits per heavy atom. The SMILES string of the molecule is Cc1cccc(CNC(=O)c2ccc(Br)cc2Br)n1. The minimum Gasteiger partial charge on any atom is -0.346 e. The number of nitrogens with zero attached hydrogens (tertiary/aromatic N) is 1. The summed E-state index contributed by atoms with van der Waals surface area (Å²) >= 11 is 6.74. The molecule has 0 saturated carbocycles. The second-order valence-electron chi connectivity index (χ2n) is 4.08. The fourth-order valence-corrected chi connectivity index (χ4v) is 2.86. The molecule has 0 aliphatic heterocycles. The van der Waals surface area contributed by atoms with E-state index in [9.17, 15) is 4.79 Å². The summed E-state index contributed by atoms with van der Waals surface area (Å²) in [6.07, 6.45) is 0. The van der Waals surface area contributed by atoms with Crippen LogP contribution in [0.2, 0.25) is 0 Å². The molecule has 3 nitrogen and oxygen atoms in total. The molecule has 0 bridgehead atoms. The van der Waals surface area contributed by atoms with Crippen LogP contribution in [0, 0.1) is 6.92 Å². The maximum atomic E-state index is 12.1. The molecule has 0 unspecified atom stereocenters. The van der Waals surface area contributed by atoms with Crippen LogP contribution in [0.5, 0.6) is 0 Å². The number of nitrogens with one attached hydrogen (secondary N) is 1. The normalized spacial score (nSPS) is 10.3. The van der Waals surface area contributed by atoms with Gasteiger partial charge in [-0.3, -0.25) is 9.78 Å². The van der Waals surface area contributed by atoms with E-state index in [0.717, 1.165) is 20.3 Å². The number of pyridine rings is 1. The molecule has 1 amide bonds. The lowest BCUT2D eigenvalue weighted by Crippen LogP contribution is -2.23. The molecule has 2 aromatic rings. The zero-order chi connectivity index (χ0) is 13.8. The van der Waals surface area contributed by atoms with Crippen LogP contribution >= 0.6 is 31.9 Å². The number of benzene rings is 1. The Balaban J connectivity index is 2.05. The Morgan fingerprint density at radius 2 is 2.05 bits per heavy atom. The molecule has 0 saturated heterocycles. The van der Waals surface area contributed by atoms with Gasteiger partial charge in [-0.15, -0.1) is 0 Å². The van der Waals surface area contributed by atoms with Crippen LogP contribution in [-0.2, 0) is 6.54 Å². The summed E-state index contributed by atoms with van der Waals surface area (Å²) in [5.74, 6) is -0.123. The molecule has 0 aliphatic carbocycles. The van der Waals surface area contributed by atoms with Crippen molar-refractivity contribution in [3.63, 3.8) is 0 Å². The van der Waals surface area contributed by atoms with Crippen molar-refractivity contribution < 1.29 is 4.79 Å². The van der Waals surface area contributed by atoms with Crippen molar-refractivity contribution >= 4 is 37.8 Å². The Morgan fingerprint density at radius 1 is 1.26 bits per heavy atom. The third kappa shape index (κ3) is 3.88. The average molecular weight is 384 g/mol. The summed E-state index contributed by atoms with van der Waals surface area (Å²) in [4.78, 5) is 16.4. The molecule has 0 fully saturated rings. The number of carbonyl (C=O) groups excluding carboxylic acids is 1. The zero-order valence-corrected chi connectivity index (χ0v) is 13.5. The lowest BCUT2D eigenvalue weighted by molar-refractivity contribution is 0.0949. The summed E-state index contributed by atoms with van der Waals surface area (Å²) in [6.45, 7) is 2.35. The second kappa shape index (κ2) is 6.30. The van der Waals surface area contributed by atoms with E-state index in [1.54, 1.807) is 6.07 Å². The van der Waals surface area contributed by atoms with Gasteiger partial charge in [0, 0.05) is 14.6 Å². The zero-order valence-electron chi connectivity index (χ0n) is 10.3. The van der Waals surface area contributed by atoms with E-state index in [0.29, 0.717) is 12.1 Å². The van der Waals surface area contributed by atoms with Crippen molar-refractivity contribution in [3.8, 4) is 0 Å². The van der Waals surface area contributed by atoms with Crippen molar-refractivity contribution in [2.24, 2.45) is 0 Å². The Kier molecular flexibility index (Phi) is 4.71. The van der Waals surface area contributed by atoms with Crippen LogP contribution in [0.15, 0.2) is 45.3 Å². The fourth-order valence-electron chi connectivity index (χ4n) is 1.64. The van der Waals surface area contributed by atoms with Crippen molar-refractivity contribution in [3.05, 3.63) is 62.3 Å². The van der Waals surface area contributed by atoms with E-state index in [1.807, 2.05) is 37.3 Å². The Hall–Kier alpha value is -1.20. The van der Waals surface area contributed by atoms with Gasteiger partial charge in [0.05, 0.1) is 17.8 Å². The van der Waals surface area contributed by atoms with Gasteiger partial charge in [0.2, 0.25) is 0 Å². The van der Waals surface area contributed by atoms with Crippen LogP contribution in [0.4, 0.5) is 0 Å². The summed E-state index contributed by atoms with van der Waals surface area (Å²) in [5, 5.41) is 2.86. The van der Waals surface area contributed by atoms with Gasteiger partial charge in [-0.1, -0.05) is 22.0 Å².